The third-order valence-corrected chi connectivity index (χ3v) is 8.96. The van der Waals surface area contributed by atoms with Crippen molar-refractivity contribution in [3.8, 4) is 0 Å². The van der Waals surface area contributed by atoms with Crippen LogP contribution in [0.1, 0.15) is 6.42 Å². The molecule has 0 aromatic rings. The Balaban J connectivity index is 1.59. The number of carbonyl (C=O) groups is 3. The summed E-state index contributed by atoms with van der Waals surface area (Å²) >= 11 is 0. The van der Waals surface area contributed by atoms with Crippen LogP contribution in [0.3, 0.4) is 0 Å². The first kappa shape index (κ1) is 11.8. The summed E-state index contributed by atoms with van der Waals surface area (Å²) in [5.74, 6) is 1.63. The highest BCUT2D eigenvalue weighted by Crippen LogP contribution is 2.94. The van der Waals surface area contributed by atoms with E-state index in [1.54, 1.807) is 0 Å². The van der Waals surface area contributed by atoms with Gasteiger partial charge >= 0.3 is 5.97 Å². The van der Waals surface area contributed by atoms with Crippen LogP contribution in [0.25, 0.3) is 0 Å². The SMILES string of the molecule is COC(=O)C1=C[C@@H]2C=C[C@H]1C13C(=O)C4C5CC6C4C(=O)C21C6C53. The molecule has 0 N–H and O–H groups in total. The van der Waals surface area contributed by atoms with Crippen LogP contribution in [-0.4, -0.2) is 24.6 Å². The molecule has 0 saturated heterocycles. The Hall–Kier alpha value is -1.71. The fourth-order valence-electron chi connectivity index (χ4n) is 9.07. The molecule has 0 amide bonds. The minimum Gasteiger partial charge on any atom is -0.466 e. The highest BCUT2D eigenvalue weighted by atomic mass is 16.5. The van der Waals surface area contributed by atoms with Crippen molar-refractivity contribution in [3.63, 3.8) is 0 Å². The second-order valence-electron chi connectivity index (χ2n) is 8.64. The van der Waals surface area contributed by atoms with Gasteiger partial charge in [0.15, 0.2) is 0 Å². The molecule has 5 saturated carbocycles. The van der Waals surface area contributed by atoms with E-state index in [1.165, 1.54) is 7.11 Å². The molecule has 8 unspecified atom stereocenters. The van der Waals surface area contributed by atoms with Gasteiger partial charge in [-0.1, -0.05) is 18.2 Å². The van der Waals surface area contributed by atoms with Gasteiger partial charge in [-0.2, -0.15) is 0 Å². The van der Waals surface area contributed by atoms with Crippen molar-refractivity contribution >= 4 is 17.5 Å². The maximum atomic E-state index is 13.5. The molecule has 4 heteroatoms. The Labute approximate surface area is 132 Å². The van der Waals surface area contributed by atoms with Crippen molar-refractivity contribution in [1.82, 2.24) is 0 Å². The van der Waals surface area contributed by atoms with Gasteiger partial charge in [-0.05, 0) is 30.1 Å². The lowest BCUT2D eigenvalue weighted by molar-refractivity contribution is -0.214. The van der Waals surface area contributed by atoms with Gasteiger partial charge in [-0.25, -0.2) is 4.79 Å². The number of hydrogen-bond donors (Lipinski definition) is 0. The van der Waals surface area contributed by atoms with Gasteiger partial charge in [0, 0.05) is 29.2 Å². The van der Waals surface area contributed by atoms with Gasteiger partial charge in [0.05, 0.1) is 17.9 Å². The number of methoxy groups -OCH3 is 1. The molecule has 10 atom stereocenters. The van der Waals surface area contributed by atoms with Crippen molar-refractivity contribution in [2.75, 3.05) is 7.11 Å². The fourth-order valence-corrected chi connectivity index (χ4v) is 9.07. The van der Waals surface area contributed by atoms with Crippen LogP contribution >= 0.6 is 0 Å². The van der Waals surface area contributed by atoms with Crippen molar-refractivity contribution in [1.29, 1.82) is 0 Å². The second kappa shape index (κ2) is 2.87. The van der Waals surface area contributed by atoms with Gasteiger partial charge in [0.2, 0.25) is 0 Å². The van der Waals surface area contributed by atoms with E-state index in [0.717, 1.165) is 6.42 Å². The number of ketones is 2. The predicted molar refractivity (Wildman–Crippen MR) is 76.7 cm³/mol. The molecule has 0 aromatic carbocycles. The van der Waals surface area contributed by atoms with Gasteiger partial charge < -0.3 is 4.74 Å². The van der Waals surface area contributed by atoms with E-state index in [2.05, 4.69) is 6.08 Å². The standard InChI is InChI=1S/C19H16O4/c1-23-17(22)7-4-6-2-3-10(7)19-14-9-5-8-11(12(9)16(19)21)15(20)18(6,19)13(8)14/h2-4,6,8-14H,5H2,1H3/t6-,8?,9?,10+,11?,12?,13?,14?,18?,19?/m0/s1. The number of carbonyl (C=O) groups excluding carboxylic acids is 3. The van der Waals surface area contributed by atoms with Crippen molar-refractivity contribution in [2.45, 2.75) is 6.42 Å². The first-order chi connectivity index (χ1) is 11.1. The minimum atomic E-state index is -0.594. The molecule has 0 heterocycles. The summed E-state index contributed by atoms with van der Waals surface area (Å²) in [6.07, 6.45) is 7.15. The van der Waals surface area contributed by atoms with E-state index >= 15 is 0 Å². The van der Waals surface area contributed by atoms with Crippen molar-refractivity contribution < 1.29 is 19.1 Å². The first-order valence-corrected chi connectivity index (χ1v) is 8.68. The number of rotatable bonds is 1. The van der Waals surface area contributed by atoms with Crippen LogP contribution < -0.4 is 0 Å². The maximum absolute atomic E-state index is 13.5. The fraction of sp³-hybridized carbons (Fsp3) is 0.632. The molecular formula is C19H16O4. The van der Waals surface area contributed by atoms with Gasteiger partial charge in [-0.15, -0.1) is 0 Å². The van der Waals surface area contributed by atoms with Crippen LogP contribution in [-0.2, 0) is 19.1 Å². The quantitative estimate of drug-likeness (QED) is 0.539. The largest absolute Gasteiger partial charge is 0.466 e. The Kier molecular flexibility index (Phi) is 1.47. The van der Waals surface area contributed by atoms with Gasteiger partial charge in [0.1, 0.15) is 11.6 Å². The number of esters is 1. The number of hydrogen-bond acceptors (Lipinski definition) is 4. The topological polar surface area (TPSA) is 60.4 Å². The lowest BCUT2D eigenvalue weighted by Gasteiger charge is -2.70. The molecule has 4 bridgehead atoms. The van der Waals surface area contributed by atoms with Crippen molar-refractivity contribution in [2.24, 2.45) is 58.2 Å². The number of ether oxygens (including phenoxy) is 1. The molecule has 8 aliphatic rings. The summed E-state index contributed by atoms with van der Waals surface area (Å²) in [4.78, 5) is 39.2. The summed E-state index contributed by atoms with van der Waals surface area (Å²) in [5.41, 5.74) is -0.467. The summed E-state index contributed by atoms with van der Waals surface area (Å²) in [7, 11) is 1.39. The molecule has 116 valence electrons. The number of fused-ring (bicyclic) bond motifs is 1. The molecule has 2 spiro atoms. The average molecular weight is 308 g/mol. The molecule has 8 rings (SSSR count). The van der Waals surface area contributed by atoms with Gasteiger partial charge in [-0.3, -0.25) is 9.59 Å². The Morgan fingerprint density at radius 3 is 2.43 bits per heavy atom. The summed E-state index contributed by atoms with van der Waals surface area (Å²) in [5, 5.41) is 0. The Morgan fingerprint density at radius 1 is 1.09 bits per heavy atom. The lowest BCUT2D eigenvalue weighted by atomic mass is 9.29. The van der Waals surface area contributed by atoms with Crippen LogP contribution in [0.4, 0.5) is 0 Å². The smallest absolute Gasteiger partial charge is 0.334 e. The third-order valence-electron chi connectivity index (χ3n) is 8.96. The first-order valence-electron chi connectivity index (χ1n) is 8.68. The zero-order valence-electron chi connectivity index (χ0n) is 12.7. The molecule has 0 radical (unpaired) electrons. The average Bonchev–Trinajstić information content (AvgIpc) is 3.10. The second-order valence-corrected chi connectivity index (χ2v) is 8.64. The van der Waals surface area contributed by atoms with E-state index in [1.807, 2.05) is 12.2 Å². The molecule has 4 nitrogen and oxygen atoms in total. The van der Waals surface area contributed by atoms with Crippen LogP contribution in [0, 0.1) is 58.2 Å². The zero-order valence-corrected chi connectivity index (χ0v) is 12.7. The Bertz CT molecular complexity index is 836. The zero-order chi connectivity index (χ0) is 15.5. The monoisotopic (exact) mass is 308 g/mol. The molecule has 0 aromatic heterocycles. The third kappa shape index (κ3) is 0.703. The maximum Gasteiger partial charge on any atom is 0.334 e. The summed E-state index contributed by atoms with van der Waals surface area (Å²) in [6, 6.07) is 0. The van der Waals surface area contributed by atoms with Crippen LogP contribution in [0.15, 0.2) is 23.8 Å². The van der Waals surface area contributed by atoms with E-state index in [9.17, 15) is 14.4 Å². The van der Waals surface area contributed by atoms with E-state index in [-0.39, 0.29) is 29.6 Å². The summed E-state index contributed by atoms with van der Waals surface area (Å²) in [6.45, 7) is 0. The molecule has 5 fully saturated rings. The molecule has 0 aliphatic heterocycles. The molecule has 8 aliphatic carbocycles. The number of allylic oxidation sites excluding steroid dienone is 3. The summed E-state index contributed by atoms with van der Waals surface area (Å²) < 4.78 is 4.97. The highest BCUT2D eigenvalue weighted by Gasteiger charge is 2.98. The van der Waals surface area contributed by atoms with E-state index in [4.69, 9.17) is 4.74 Å². The van der Waals surface area contributed by atoms with Crippen LogP contribution in [0.5, 0.6) is 0 Å². The highest BCUT2D eigenvalue weighted by molar-refractivity contribution is 6.14. The van der Waals surface area contributed by atoms with Crippen molar-refractivity contribution in [3.05, 3.63) is 23.8 Å². The van der Waals surface area contributed by atoms with E-state index < -0.39 is 10.8 Å². The van der Waals surface area contributed by atoms with Gasteiger partial charge in [0.25, 0.3) is 0 Å². The van der Waals surface area contributed by atoms with E-state index in [0.29, 0.717) is 40.8 Å². The lowest BCUT2D eigenvalue weighted by Crippen LogP contribution is -2.75. The molecule has 23 heavy (non-hydrogen) atoms. The minimum absolute atomic E-state index is 0.00658. The Morgan fingerprint density at radius 2 is 1.74 bits per heavy atom. The predicted octanol–water partition coefficient (Wildman–Crippen LogP) is 1.17. The van der Waals surface area contributed by atoms with Crippen LogP contribution in [0.2, 0.25) is 0 Å². The number of Topliss-reactive ketones (excluding diaryl/α,β-unsaturated/α-hetero) is 2. The molecular weight excluding hydrogens is 292 g/mol. The normalized spacial score (nSPS) is 63.6.